The summed E-state index contributed by atoms with van der Waals surface area (Å²) in [5, 5.41) is 12.7. The van der Waals surface area contributed by atoms with Crippen molar-refractivity contribution >= 4 is 23.4 Å². The Morgan fingerprint density at radius 3 is 2.75 bits per heavy atom. The quantitative estimate of drug-likeness (QED) is 0.588. The minimum atomic E-state index is -0.411. The van der Waals surface area contributed by atoms with Gasteiger partial charge in [0.25, 0.3) is 11.5 Å². The lowest BCUT2D eigenvalue weighted by molar-refractivity contribution is -0.117. The lowest BCUT2D eigenvalue weighted by atomic mass is 9.95. The smallest absolute Gasteiger partial charge is 0.267 e. The summed E-state index contributed by atoms with van der Waals surface area (Å²) in [6.45, 7) is 5.72. The van der Waals surface area contributed by atoms with Gasteiger partial charge in [0.15, 0.2) is 0 Å². The summed E-state index contributed by atoms with van der Waals surface area (Å²) >= 11 is 0. The van der Waals surface area contributed by atoms with Crippen LogP contribution in [0.4, 0.5) is 5.82 Å². The molecule has 7 heteroatoms. The maximum atomic E-state index is 13.5. The summed E-state index contributed by atoms with van der Waals surface area (Å²) in [5.74, 6) is 0.642. The number of anilines is 1. The van der Waals surface area contributed by atoms with E-state index in [0.29, 0.717) is 22.9 Å². The highest BCUT2D eigenvalue weighted by Gasteiger charge is 2.24. The van der Waals surface area contributed by atoms with Gasteiger partial charge in [-0.05, 0) is 56.2 Å². The average Bonchev–Trinajstić information content (AvgIpc) is 2.79. The maximum absolute atomic E-state index is 13.5. The molecule has 32 heavy (non-hydrogen) atoms. The van der Waals surface area contributed by atoms with E-state index in [1.165, 1.54) is 16.9 Å². The number of nitrogens with zero attached hydrogens (tertiary/aromatic N) is 4. The minimum absolute atomic E-state index is 0.0478. The lowest BCUT2D eigenvalue weighted by Gasteiger charge is -2.32. The number of piperidine rings is 1. The molecule has 2 fully saturated rings. The third-order valence-corrected chi connectivity index (χ3v) is 6.61. The third kappa shape index (κ3) is 4.55. The Bertz CT molecular complexity index is 1140. The highest BCUT2D eigenvalue weighted by Crippen LogP contribution is 2.26. The van der Waals surface area contributed by atoms with E-state index in [4.69, 9.17) is 4.98 Å². The molecule has 1 amide bonds. The largest absolute Gasteiger partial charge is 0.356 e. The molecule has 0 spiro atoms. The van der Waals surface area contributed by atoms with Crippen molar-refractivity contribution in [3.63, 3.8) is 0 Å². The van der Waals surface area contributed by atoms with E-state index >= 15 is 0 Å². The number of pyridine rings is 1. The molecule has 2 aromatic rings. The molecule has 1 aliphatic carbocycles. The van der Waals surface area contributed by atoms with Crippen LogP contribution >= 0.6 is 0 Å². The minimum Gasteiger partial charge on any atom is -0.356 e. The number of nitrogens with one attached hydrogen (secondary N) is 1. The summed E-state index contributed by atoms with van der Waals surface area (Å²) in [5.41, 5.74) is 1.51. The molecular weight excluding hydrogens is 402 g/mol. The highest BCUT2D eigenvalue weighted by atomic mass is 16.2. The number of aryl methyl sites for hydroxylation is 1. The van der Waals surface area contributed by atoms with Gasteiger partial charge in [0.1, 0.15) is 23.1 Å². The molecule has 168 valence electrons. The van der Waals surface area contributed by atoms with E-state index in [-0.39, 0.29) is 17.2 Å². The van der Waals surface area contributed by atoms with Gasteiger partial charge < -0.3 is 10.2 Å². The molecule has 0 aromatic carbocycles. The molecule has 1 aliphatic heterocycles. The van der Waals surface area contributed by atoms with E-state index < -0.39 is 5.91 Å². The van der Waals surface area contributed by atoms with Crippen molar-refractivity contribution in [1.29, 1.82) is 5.26 Å². The van der Waals surface area contributed by atoms with Crippen molar-refractivity contribution in [1.82, 2.24) is 14.7 Å². The van der Waals surface area contributed by atoms with Crippen molar-refractivity contribution in [2.24, 2.45) is 5.92 Å². The second-order valence-corrected chi connectivity index (χ2v) is 9.21. The molecule has 1 unspecified atom stereocenters. The first-order chi connectivity index (χ1) is 15.5. The van der Waals surface area contributed by atoms with E-state index in [9.17, 15) is 14.9 Å². The summed E-state index contributed by atoms with van der Waals surface area (Å²) in [7, 11) is 0. The topological polar surface area (TPSA) is 90.5 Å². The van der Waals surface area contributed by atoms with Crippen LogP contribution in [0.3, 0.4) is 0 Å². The van der Waals surface area contributed by atoms with Crippen LogP contribution in [0.2, 0.25) is 0 Å². The van der Waals surface area contributed by atoms with Crippen LogP contribution in [0.15, 0.2) is 28.7 Å². The molecule has 1 N–H and O–H groups in total. The van der Waals surface area contributed by atoms with E-state index in [1.54, 1.807) is 6.20 Å². The van der Waals surface area contributed by atoms with Crippen molar-refractivity contribution in [3.05, 3.63) is 45.4 Å². The van der Waals surface area contributed by atoms with Crippen molar-refractivity contribution in [2.45, 2.75) is 64.8 Å². The van der Waals surface area contributed by atoms with Crippen LogP contribution in [0.1, 0.15) is 63.0 Å². The first-order valence-electron chi connectivity index (χ1n) is 11.7. The third-order valence-electron chi connectivity index (χ3n) is 6.61. The zero-order chi connectivity index (χ0) is 22.7. The molecule has 0 radical (unpaired) electrons. The predicted octanol–water partition coefficient (Wildman–Crippen LogP) is 3.60. The summed E-state index contributed by atoms with van der Waals surface area (Å²) in [6.07, 6.45) is 10.5. The van der Waals surface area contributed by atoms with E-state index in [0.717, 1.165) is 57.2 Å². The molecule has 0 bridgehead atoms. The maximum Gasteiger partial charge on any atom is 0.267 e. The fraction of sp³-hybridized carbons (Fsp3) is 0.520. The van der Waals surface area contributed by atoms with Gasteiger partial charge in [-0.3, -0.25) is 14.0 Å². The van der Waals surface area contributed by atoms with Crippen LogP contribution in [0.25, 0.3) is 11.7 Å². The molecule has 7 nitrogen and oxygen atoms in total. The second kappa shape index (κ2) is 9.56. The molecule has 4 rings (SSSR count). The molecule has 1 saturated carbocycles. The van der Waals surface area contributed by atoms with Crippen molar-refractivity contribution < 1.29 is 4.79 Å². The monoisotopic (exact) mass is 433 g/mol. The Hall–Kier alpha value is -3.14. The Morgan fingerprint density at radius 2 is 2.03 bits per heavy atom. The summed E-state index contributed by atoms with van der Waals surface area (Å²) in [6, 6.07) is 5.85. The van der Waals surface area contributed by atoms with Crippen LogP contribution in [-0.2, 0) is 4.79 Å². The van der Waals surface area contributed by atoms with Crippen LogP contribution in [-0.4, -0.2) is 34.4 Å². The van der Waals surface area contributed by atoms with Gasteiger partial charge >= 0.3 is 0 Å². The van der Waals surface area contributed by atoms with Gasteiger partial charge in [-0.25, -0.2) is 4.98 Å². The van der Waals surface area contributed by atoms with Gasteiger partial charge in [-0.15, -0.1) is 0 Å². The fourth-order valence-corrected chi connectivity index (χ4v) is 4.85. The Labute approximate surface area is 188 Å². The molecule has 2 aromatic heterocycles. The Morgan fingerprint density at radius 1 is 1.25 bits per heavy atom. The zero-order valence-electron chi connectivity index (χ0n) is 18.9. The molecule has 1 saturated heterocycles. The number of fused-ring (bicyclic) bond motifs is 1. The number of aromatic nitrogens is 2. The van der Waals surface area contributed by atoms with Gasteiger partial charge in [0, 0.05) is 25.3 Å². The number of nitriles is 1. The predicted molar refractivity (Wildman–Crippen MR) is 125 cm³/mol. The first-order valence-corrected chi connectivity index (χ1v) is 11.7. The van der Waals surface area contributed by atoms with Crippen LogP contribution in [0, 0.1) is 24.2 Å². The van der Waals surface area contributed by atoms with Gasteiger partial charge in [0.2, 0.25) is 0 Å². The standard InChI is InChI=1S/C25H31N5O2/c1-17-8-6-12-29(16-17)23-21(25(32)30-13-7-9-18(2)22(30)28-23)14-19(15-26)24(31)27-20-10-4-3-5-11-20/h7,9,13-14,17,20H,3-6,8,10-12,16H2,1-2H3,(H,27,31). The van der Waals surface area contributed by atoms with Gasteiger partial charge in [-0.2, -0.15) is 5.26 Å². The van der Waals surface area contributed by atoms with Crippen molar-refractivity contribution in [2.75, 3.05) is 18.0 Å². The van der Waals surface area contributed by atoms with Gasteiger partial charge in [-0.1, -0.05) is 32.3 Å². The normalized spacial score (nSPS) is 20.2. The first kappa shape index (κ1) is 22.1. The van der Waals surface area contributed by atoms with Crippen LogP contribution < -0.4 is 15.8 Å². The molecular formula is C25H31N5O2. The molecule has 1 atom stereocenters. The lowest BCUT2D eigenvalue weighted by Crippen LogP contribution is -2.38. The summed E-state index contributed by atoms with van der Waals surface area (Å²) < 4.78 is 1.51. The second-order valence-electron chi connectivity index (χ2n) is 9.21. The van der Waals surface area contributed by atoms with E-state index in [1.807, 2.05) is 25.1 Å². The number of rotatable bonds is 4. The number of hydrogen-bond donors (Lipinski definition) is 1. The fourth-order valence-electron chi connectivity index (χ4n) is 4.85. The number of amides is 1. The SMILES string of the molecule is Cc1cccn2c(=O)c(C=C(C#N)C(=O)NC3CCCCC3)c(N3CCCC(C)C3)nc12. The average molecular weight is 434 g/mol. The van der Waals surface area contributed by atoms with E-state index in [2.05, 4.69) is 17.1 Å². The Kier molecular flexibility index (Phi) is 6.59. The number of carbonyl (C=O) groups is 1. The zero-order valence-corrected chi connectivity index (χ0v) is 18.9. The highest BCUT2D eigenvalue weighted by molar-refractivity contribution is 6.02. The Balaban J connectivity index is 1.79. The number of carbonyl (C=O) groups excluding carboxylic acids is 1. The van der Waals surface area contributed by atoms with Gasteiger partial charge in [0.05, 0.1) is 5.56 Å². The molecule has 3 heterocycles. The van der Waals surface area contributed by atoms with Crippen LogP contribution in [0.5, 0.6) is 0 Å². The molecule has 2 aliphatic rings. The van der Waals surface area contributed by atoms with Crippen molar-refractivity contribution in [3.8, 4) is 6.07 Å². The summed E-state index contributed by atoms with van der Waals surface area (Å²) in [4.78, 5) is 33.4. The number of hydrogen-bond acceptors (Lipinski definition) is 5.